The molecule has 1 aliphatic heterocycles. The predicted molar refractivity (Wildman–Crippen MR) is 136 cm³/mol. The van der Waals surface area contributed by atoms with E-state index in [9.17, 15) is 4.79 Å². The highest BCUT2D eigenvalue weighted by Gasteiger charge is 2.39. The van der Waals surface area contributed by atoms with Gasteiger partial charge >= 0.3 is 5.76 Å². The number of hydrogen-bond donors (Lipinski definition) is 4. The number of nitrogens with one attached hydrogen (secondary N) is 4. The number of rotatable bonds is 5. The van der Waals surface area contributed by atoms with E-state index in [0.29, 0.717) is 33.8 Å². The van der Waals surface area contributed by atoms with Crippen molar-refractivity contribution < 1.29 is 4.42 Å². The monoisotopic (exact) mass is 491 g/mol. The van der Waals surface area contributed by atoms with Crippen LogP contribution in [0.1, 0.15) is 43.0 Å². The molecule has 3 aromatic heterocycles. The normalized spacial score (nSPS) is 21.7. The third kappa shape index (κ3) is 4.37. The summed E-state index contributed by atoms with van der Waals surface area (Å²) in [7, 11) is 0. The lowest BCUT2D eigenvalue weighted by Crippen LogP contribution is -2.22. The fraction of sp³-hybridized carbons (Fsp3) is 0.360. The molecule has 1 aliphatic carbocycles. The number of halogens is 1. The zero-order valence-electron chi connectivity index (χ0n) is 19.3. The lowest BCUT2D eigenvalue weighted by atomic mass is 9.78. The predicted octanol–water partition coefficient (Wildman–Crippen LogP) is 5.21. The van der Waals surface area contributed by atoms with Crippen molar-refractivity contribution in [1.82, 2.24) is 25.3 Å². The number of nitrogens with zero attached hydrogens (tertiary/aromatic N) is 3. The molecule has 180 valence electrons. The summed E-state index contributed by atoms with van der Waals surface area (Å²) in [5.41, 5.74) is 4.40. The number of aromatic amines is 1. The average molecular weight is 492 g/mol. The van der Waals surface area contributed by atoms with E-state index in [1.165, 1.54) is 25.7 Å². The Morgan fingerprint density at radius 3 is 2.86 bits per heavy atom. The number of benzene rings is 1. The highest BCUT2D eigenvalue weighted by Crippen LogP contribution is 2.44. The number of oxazole rings is 1. The van der Waals surface area contributed by atoms with Crippen molar-refractivity contribution in [3.05, 3.63) is 63.5 Å². The Morgan fingerprint density at radius 2 is 1.97 bits per heavy atom. The maximum atomic E-state index is 11.4. The van der Waals surface area contributed by atoms with Crippen LogP contribution in [0.25, 0.3) is 11.1 Å². The van der Waals surface area contributed by atoms with Crippen LogP contribution in [0.5, 0.6) is 0 Å². The average Bonchev–Trinajstić information content (AvgIpc) is 3.44. The van der Waals surface area contributed by atoms with Gasteiger partial charge in [0, 0.05) is 17.4 Å². The number of fused-ring (bicyclic) bond motifs is 2. The number of aryl methyl sites for hydroxylation is 1. The van der Waals surface area contributed by atoms with E-state index in [4.69, 9.17) is 21.0 Å². The van der Waals surface area contributed by atoms with Crippen molar-refractivity contribution in [2.24, 2.45) is 11.8 Å². The van der Waals surface area contributed by atoms with Gasteiger partial charge in [-0.3, -0.25) is 9.97 Å². The van der Waals surface area contributed by atoms with Crippen LogP contribution in [0.2, 0.25) is 5.02 Å². The molecule has 10 heteroatoms. The van der Waals surface area contributed by atoms with Crippen LogP contribution in [0.3, 0.4) is 0 Å². The lowest BCUT2D eigenvalue weighted by molar-refractivity contribution is 0.264. The molecule has 9 nitrogen and oxygen atoms in total. The van der Waals surface area contributed by atoms with Gasteiger partial charge in [0.2, 0.25) is 5.95 Å². The van der Waals surface area contributed by atoms with Gasteiger partial charge in [0.25, 0.3) is 0 Å². The first kappa shape index (κ1) is 22.1. The molecule has 3 unspecified atom stereocenters. The van der Waals surface area contributed by atoms with Crippen LogP contribution in [-0.2, 0) is 0 Å². The molecular formula is C25H26ClN7O2. The highest BCUT2D eigenvalue weighted by atomic mass is 35.5. The Kier molecular flexibility index (Phi) is 5.66. The Morgan fingerprint density at radius 1 is 1.09 bits per heavy atom. The van der Waals surface area contributed by atoms with Gasteiger partial charge < -0.3 is 20.4 Å². The van der Waals surface area contributed by atoms with Crippen molar-refractivity contribution in [2.75, 3.05) is 17.2 Å². The lowest BCUT2D eigenvalue weighted by Gasteiger charge is -2.28. The summed E-state index contributed by atoms with van der Waals surface area (Å²) >= 11 is 6.69. The minimum Gasteiger partial charge on any atom is -0.408 e. The van der Waals surface area contributed by atoms with E-state index >= 15 is 0 Å². The van der Waals surface area contributed by atoms with Gasteiger partial charge in [0.05, 0.1) is 34.2 Å². The van der Waals surface area contributed by atoms with E-state index in [1.54, 1.807) is 24.5 Å². The van der Waals surface area contributed by atoms with E-state index in [1.807, 2.05) is 19.1 Å². The van der Waals surface area contributed by atoms with Gasteiger partial charge in [-0.25, -0.2) is 9.78 Å². The fourth-order valence-electron chi connectivity index (χ4n) is 5.33. The number of pyridine rings is 1. The Hall–Kier alpha value is -3.43. The van der Waals surface area contributed by atoms with Gasteiger partial charge in [-0.2, -0.15) is 4.98 Å². The SMILES string of the molecule is Cc1cnc(Nc2cnc(C3NCC4CCCCC43)c(Cl)c2)nc1Nc1ccc2oc(=O)[nH]c2c1. The summed E-state index contributed by atoms with van der Waals surface area (Å²) in [6.45, 7) is 2.97. The number of hydrogen-bond acceptors (Lipinski definition) is 8. The summed E-state index contributed by atoms with van der Waals surface area (Å²) in [6, 6.07) is 7.46. The molecule has 0 bridgehead atoms. The topological polar surface area (TPSA) is 121 Å². The Bertz CT molecular complexity index is 1450. The first-order chi connectivity index (χ1) is 17.0. The molecule has 4 aromatic rings. The maximum absolute atomic E-state index is 11.4. The molecule has 4 N–H and O–H groups in total. The summed E-state index contributed by atoms with van der Waals surface area (Å²) in [5.74, 6) is 1.92. The second-order valence-electron chi connectivity index (χ2n) is 9.39. The van der Waals surface area contributed by atoms with Crippen molar-refractivity contribution in [3.8, 4) is 0 Å². The molecule has 1 saturated heterocycles. The van der Waals surface area contributed by atoms with Crippen LogP contribution in [0.15, 0.2) is 45.9 Å². The van der Waals surface area contributed by atoms with Crippen LogP contribution < -0.4 is 21.7 Å². The number of aromatic nitrogens is 4. The minimum absolute atomic E-state index is 0.218. The molecule has 3 atom stereocenters. The van der Waals surface area contributed by atoms with Crippen molar-refractivity contribution >= 4 is 45.8 Å². The molecule has 0 radical (unpaired) electrons. The van der Waals surface area contributed by atoms with E-state index in [0.717, 1.165) is 35.1 Å². The van der Waals surface area contributed by atoms with E-state index in [2.05, 4.69) is 30.9 Å². The first-order valence-corrected chi connectivity index (χ1v) is 12.3. The Balaban J connectivity index is 1.20. The van der Waals surface area contributed by atoms with Crippen molar-refractivity contribution in [2.45, 2.75) is 38.6 Å². The third-order valence-corrected chi connectivity index (χ3v) is 7.37. The molecule has 1 aromatic carbocycles. The fourth-order valence-corrected chi connectivity index (χ4v) is 5.61. The van der Waals surface area contributed by atoms with Gasteiger partial charge in [0.1, 0.15) is 5.82 Å². The maximum Gasteiger partial charge on any atom is 0.417 e. The molecule has 2 fully saturated rings. The van der Waals surface area contributed by atoms with Crippen LogP contribution in [0, 0.1) is 18.8 Å². The minimum atomic E-state index is -0.484. The summed E-state index contributed by atoms with van der Waals surface area (Å²) in [5, 5.41) is 10.8. The zero-order chi connectivity index (χ0) is 23.9. The van der Waals surface area contributed by atoms with Crippen molar-refractivity contribution in [3.63, 3.8) is 0 Å². The summed E-state index contributed by atoms with van der Waals surface area (Å²) < 4.78 is 5.06. The third-order valence-electron chi connectivity index (χ3n) is 7.07. The van der Waals surface area contributed by atoms with E-state index < -0.39 is 5.76 Å². The number of anilines is 4. The van der Waals surface area contributed by atoms with Gasteiger partial charge in [-0.15, -0.1) is 0 Å². The van der Waals surface area contributed by atoms with Gasteiger partial charge in [0.15, 0.2) is 5.58 Å². The van der Waals surface area contributed by atoms with E-state index in [-0.39, 0.29) is 6.04 Å². The standard InChI is InChI=1S/C25H26ClN7O2/c1-13-10-29-24(33-23(13)30-15-6-7-20-19(9-15)32-25(34)35-20)31-16-8-18(26)22(28-12-16)21-17-5-3-2-4-14(17)11-27-21/h6-10,12,14,17,21,27H,2-5,11H2,1H3,(H,32,34)(H2,29,30,31,33). The zero-order valence-corrected chi connectivity index (χ0v) is 20.0. The van der Waals surface area contributed by atoms with Crippen LogP contribution in [-0.4, -0.2) is 26.5 Å². The van der Waals surface area contributed by atoms with Crippen LogP contribution >= 0.6 is 11.6 Å². The molecule has 0 amide bonds. The molecular weight excluding hydrogens is 466 g/mol. The summed E-state index contributed by atoms with van der Waals surface area (Å²) in [4.78, 5) is 27.8. The second-order valence-corrected chi connectivity index (χ2v) is 9.79. The Labute approximate surface area is 206 Å². The van der Waals surface area contributed by atoms with Crippen molar-refractivity contribution in [1.29, 1.82) is 0 Å². The summed E-state index contributed by atoms with van der Waals surface area (Å²) in [6.07, 6.45) is 8.66. The largest absolute Gasteiger partial charge is 0.417 e. The molecule has 35 heavy (non-hydrogen) atoms. The first-order valence-electron chi connectivity index (χ1n) is 11.9. The quantitative estimate of drug-likeness (QED) is 0.300. The molecule has 6 rings (SSSR count). The molecule has 2 aliphatic rings. The molecule has 0 spiro atoms. The van der Waals surface area contributed by atoms with Gasteiger partial charge in [-0.05, 0) is 62.4 Å². The molecule has 1 saturated carbocycles. The smallest absolute Gasteiger partial charge is 0.408 e. The number of H-pyrrole nitrogens is 1. The van der Waals surface area contributed by atoms with Crippen LogP contribution in [0.4, 0.5) is 23.1 Å². The highest BCUT2D eigenvalue weighted by molar-refractivity contribution is 6.31. The van der Waals surface area contributed by atoms with Gasteiger partial charge in [-0.1, -0.05) is 24.4 Å². The molecule has 4 heterocycles. The second kappa shape index (κ2) is 8.98.